The van der Waals surface area contributed by atoms with Crippen molar-refractivity contribution in [1.82, 2.24) is 10.2 Å². The van der Waals surface area contributed by atoms with E-state index in [4.69, 9.17) is 0 Å². The molecule has 0 bridgehead atoms. The number of nitrogens with one attached hydrogen (secondary N) is 1. The van der Waals surface area contributed by atoms with Crippen LogP contribution in [0.2, 0.25) is 0 Å². The van der Waals surface area contributed by atoms with Crippen LogP contribution in [0.15, 0.2) is 0 Å². The van der Waals surface area contributed by atoms with Gasteiger partial charge in [0.25, 0.3) is 0 Å². The van der Waals surface area contributed by atoms with Gasteiger partial charge in [0.2, 0.25) is 11.8 Å². The van der Waals surface area contributed by atoms with E-state index in [-0.39, 0.29) is 17.9 Å². The van der Waals surface area contributed by atoms with Gasteiger partial charge in [0.1, 0.15) is 0 Å². The summed E-state index contributed by atoms with van der Waals surface area (Å²) in [5.41, 5.74) is 0. The number of nitrogens with zero attached hydrogens (tertiary/aromatic N) is 1. The van der Waals surface area contributed by atoms with Crippen LogP contribution in [0.4, 0.5) is 0 Å². The smallest absolute Gasteiger partial charge is 0.219 e. The maximum absolute atomic E-state index is 10.8. The van der Waals surface area contributed by atoms with Gasteiger partial charge >= 0.3 is 0 Å². The summed E-state index contributed by atoms with van der Waals surface area (Å²) >= 11 is 0. The van der Waals surface area contributed by atoms with Crippen molar-refractivity contribution in [3.8, 4) is 0 Å². The summed E-state index contributed by atoms with van der Waals surface area (Å²) < 4.78 is 0. The lowest BCUT2D eigenvalue weighted by molar-refractivity contribution is -0.127. The van der Waals surface area contributed by atoms with Gasteiger partial charge in [0, 0.05) is 33.5 Å². The third-order valence-corrected chi connectivity index (χ3v) is 1.88. The topological polar surface area (TPSA) is 49.4 Å². The minimum absolute atomic E-state index is 0.0296. The Morgan fingerprint density at radius 1 is 1.38 bits per heavy atom. The zero-order valence-corrected chi connectivity index (χ0v) is 8.76. The van der Waals surface area contributed by atoms with Crippen LogP contribution in [-0.4, -0.2) is 36.3 Å². The van der Waals surface area contributed by atoms with Gasteiger partial charge in [-0.05, 0) is 13.3 Å². The fraction of sp³-hybridized carbons (Fsp3) is 0.778. The van der Waals surface area contributed by atoms with E-state index in [9.17, 15) is 9.59 Å². The van der Waals surface area contributed by atoms with E-state index >= 15 is 0 Å². The number of amides is 2. The second kappa shape index (κ2) is 5.56. The number of carbonyl (C=O) groups is 2. The SMILES string of the molecule is CC(=O)NC(C)CCN(C)C(C)=O. The molecule has 0 radical (unpaired) electrons. The van der Waals surface area contributed by atoms with Gasteiger partial charge in [0.15, 0.2) is 0 Å². The van der Waals surface area contributed by atoms with E-state index in [1.54, 1.807) is 11.9 Å². The van der Waals surface area contributed by atoms with Crippen LogP contribution in [0.1, 0.15) is 27.2 Å². The molecule has 0 spiro atoms. The fourth-order valence-corrected chi connectivity index (χ4v) is 0.964. The van der Waals surface area contributed by atoms with Crippen molar-refractivity contribution < 1.29 is 9.59 Å². The molecule has 1 unspecified atom stereocenters. The molecular formula is C9H18N2O2. The second-order valence-corrected chi connectivity index (χ2v) is 3.33. The monoisotopic (exact) mass is 186 g/mol. The lowest BCUT2D eigenvalue weighted by Crippen LogP contribution is -2.34. The van der Waals surface area contributed by atoms with Crippen molar-refractivity contribution in [2.45, 2.75) is 33.2 Å². The number of rotatable bonds is 4. The molecule has 0 aromatic carbocycles. The predicted molar refractivity (Wildman–Crippen MR) is 51.2 cm³/mol. The Kier molecular flexibility index (Phi) is 5.11. The molecule has 0 rings (SSSR count). The summed E-state index contributed by atoms with van der Waals surface area (Å²) in [4.78, 5) is 23.1. The highest BCUT2D eigenvalue weighted by Gasteiger charge is 2.06. The molecule has 1 atom stereocenters. The molecule has 0 aromatic heterocycles. The van der Waals surface area contributed by atoms with E-state index in [2.05, 4.69) is 5.32 Å². The van der Waals surface area contributed by atoms with E-state index < -0.39 is 0 Å². The number of hydrogen-bond acceptors (Lipinski definition) is 2. The van der Waals surface area contributed by atoms with E-state index in [1.807, 2.05) is 6.92 Å². The average molecular weight is 186 g/mol. The summed E-state index contributed by atoms with van der Waals surface area (Å²) in [6, 6.07) is 0.124. The minimum atomic E-state index is -0.0296. The molecule has 1 N–H and O–H groups in total. The molecule has 4 heteroatoms. The maximum Gasteiger partial charge on any atom is 0.219 e. The molecule has 4 nitrogen and oxygen atoms in total. The van der Waals surface area contributed by atoms with Crippen LogP contribution in [0.3, 0.4) is 0 Å². The van der Waals surface area contributed by atoms with E-state index in [1.165, 1.54) is 13.8 Å². The summed E-state index contributed by atoms with van der Waals surface area (Å²) in [5, 5.41) is 2.76. The van der Waals surface area contributed by atoms with Gasteiger partial charge in [-0.15, -0.1) is 0 Å². The van der Waals surface area contributed by atoms with Gasteiger partial charge in [-0.2, -0.15) is 0 Å². The van der Waals surface area contributed by atoms with Crippen LogP contribution in [-0.2, 0) is 9.59 Å². The van der Waals surface area contributed by atoms with Gasteiger partial charge in [0.05, 0.1) is 0 Å². The Bertz CT molecular complexity index is 192. The van der Waals surface area contributed by atoms with Gasteiger partial charge in [-0.3, -0.25) is 9.59 Å². The number of hydrogen-bond donors (Lipinski definition) is 1. The fourth-order valence-electron chi connectivity index (χ4n) is 0.964. The van der Waals surface area contributed by atoms with E-state index in [0.717, 1.165) is 6.42 Å². The molecule has 0 aliphatic carbocycles. The van der Waals surface area contributed by atoms with Crippen molar-refractivity contribution in [2.75, 3.05) is 13.6 Å². The molecule has 0 fully saturated rings. The molecule has 0 saturated heterocycles. The summed E-state index contributed by atoms with van der Waals surface area (Å²) in [7, 11) is 1.75. The Morgan fingerprint density at radius 3 is 2.31 bits per heavy atom. The quantitative estimate of drug-likeness (QED) is 0.690. The van der Waals surface area contributed by atoms with Crippen LogP contribution in [0, 0.1) is 0 Å². The van der Waals surface area contributed by atoms with Crippen molar-refractivity contribution in [3.05, 3.63) is 0 Å². The molecule has 0 saturated carbocycles. The minimum Gasteiger partial charge on any atom is -0.354 e. The normalized spacial score (nSPS) is 12.0. The Morgan fingerprint density at radius 2 is 1.92 bits per heavy atom. The van der Waals surface area contributed by atoms with Crippen molar-refractivity contribution in [2.24, 2.45) is 0 Å². The molecule has 13 heavy (non-hydrogen) atoms. The Balaban J connectivity index is 3.63. The molecule has 0 heterocycles. The van der Waals surface area contributed by atoms with Crippen LogP contribution in [0.25, 0.3) is 0 Å². The largest absolute Gasteiger partial charge is 0.354 e. The molecular weight excluding hydrogens is 168 g/mol. The first kappa shape index (κ1) is 11.9. The first-order valence-corrected chi connectivity index (χ1v) is 4.42. The zero-order valence-electron chi connectivity index (χ0n) is 8.76. The Labute approximate surface area is 79.3 Å². The lowest BCUT2D eigenvalue weighted by atomic mass is 10.2. The standard InChI is InChI=1S/C9H18N2O2/c1-7(10-8(2)12)5-6-11(4)9(3)13/h7H,5-6H2,1-4H3,(H,10,12). The zero-order chi connectivity index (χ0) is 10.4. The van der Waals surface area contributed by atoms with Crippen LogP contribution < -0.4 is 5.32 Å². The van der Waals surface area contributed by atoms with Gasteiger partial charge in [-0.1, -0.05) is 0 Å². The lowest BCUT2D eigenvalue weighted by Gasteiger charge is -2.18. The Hall–Kier alpha value is -1.06. The predicted octanol–water partition coefficient (Wildman–Crippen LogP) is 0.379. The van der Waals surface area contributed by atoms with Crippen LogP contribution in [0.5, 0.6) is 0 Å². The maximum atomic E-state index is 10.8. The summed E-state index contributed by atoms with van der Waals surface area (Å²) in [6.07, 6.45) is 0.787. The highest BCUT2D eigenvalue weighted by Crippen LogP contribution is 1.94. The third-order valence-electron chi connectivity index (χ3n) is 1.88. The van der Waals surface area contributed by atoms with Crippen LogP contribution >= 0.6 is 0 Å². The third kappa shape index (κ3) is 6.13. The summed E-state index contributed by atoms with van der Waals surface area (Å²) in [5.74, 6) is 0.0213. The summed E-state index contributed by atoms with van der Waals surface area (Å²) in [6.45, 7) is 5.63. The first-order chi connectivity index (χ1) is 5.93. The van der Waals surface area contributed by atoms with Crippen molar-refractivity contribution >= 4 is 11.8 Å². The van der Waals surface area contributed by atoms with E-state index in [0.29, 0.717) is 6.54 Å². The number of carbonyl (C=O) groups excluding carboxylic acids is 2. The molecule has 0 aliphatic rings. The average Bonchev–Trinajstić information content (AvgIpc) is 1.98. The van der Waals surface area contributed by atoms with Gasteiger partial charge in [-0.25, -0.2) is 0 Å². The first-order valence-electron chi connectivity index (χ1n) is 4.42. The molecule has 76 valence electrons. The molecule has 2 amide bonds. The second-order valence-electron chi connectivity index (χ2n) is 3.33. The highest BCUT2D eigenvalue weighted by molar-refractivity contribution is 5.73. The highest BCUT2D eigenvalue weighted by atomic mass is 16.2. The van der Waals surface area contributed by atoms with Crippen molar-refractivity contribution in [1.29, 1.82) is 0 Å². The molecule has 0 aliphatic heterocycles. The van der Waals surface area contributed by atoms with Crippen molar-refractivity contribution in [3.63, 3.8) is 0 Å². The molecule has 0 aromatic rings. The van der Waals surface area contributed by atoms with Gasteiger partial charge < -0.3 is 10.2 Å².